The lowest BCUT2D eigenvalue weighted by Crippen LogP contribution is -2.49. The van der Waals surface area contributed by atoms with Gasteiger partial charge in [-0.2, -0.15) is 0 Å². The maximum atomic E-state index is 14.0. The molecule has 2 aromatic carbocycles. The predicted octanol–water partition coefficient (Wildman–Crippen LogP) is 5.08. The first kappa shape index (κ1) is 18.3. The maximum absolute atomic E-state index is 14.0. The zero-order valence-corrected chi connectivity index (χ0v) is 19.4. The van der Waals surface area contributed by atoms with E-state index in [4.69, 9.17) is 9.10 Å². The summed E-state index contributed by atoms with van der Waals surface area (Å²) in [5.41, 5.74) is 3.52. The average molecular weight is 461 g/mol. The second-order valence-corrected chi connectivity index (χ2v) is 9.46. The molecule has 1 N–H and O–H groups in total. The molecule has 1 aliphatic rings. The lowest BCUT2D eigenvalue weighted by molar-refractivity contribution is 0.0972. The van der Waals surface area contributed by atoms with Crippen molar-refractivity contribution in [2.75, 3.05) is 18.0 Å². The van der Waals surface area contributed by atoms with Gasteiger partial charge in [-0.25, -0.2) is 4.98 Å². The third-order valence-corrected chi connectivity index (χ3v) is 6.86. The first-order valence-corrected chi connectivity index (χ1v) is 11.9. The van der Waals surface area contributed by atoms with E-state index in [9.17, 15) is 4.79 Å². The van der Waals surface area contributed by atoms with Crippen LogP contribution in [0.15, 0.2) is 48.7 Å². The number of piperidine rings is 1. The van der Waals surface area contributed by atoms with E-state index in [1.165, 1.54) is 5.56 Å². The number of hydrogen-bond acceptors (Lipinski definition) is 6. The Kier molecular flexibility index (Phi) is 4.99. The second-order valence-electron chi connectivity index (χ2n) is 8.48. The van der Waals surface area contributed by atoms with Crippen molar-refractivity contribution in [3.05, 3.63) is 70.4 Å². The van der Waals surface area contributed by atoms with Gasteiger partial charge in [0.15, 0.2) is 0 Å². The number of aromatic nitrogens is 3. The lowest BCUT2D eigenvalue weighted by atomic mass is 9.99. The number of benzene rings is 2. The number of nitrogens with zero attached hydrogens (tertiary/aromatic N) is 4. The van der Waals surface area contributed by atoms with Gasteiger partial charge in [-0.15, -0.1) is 10.2 Å². The Morgan fingerprint density at radius 3 is 2.76 bits per heavy atom. The van der Waals surface area contributed by atoms with Gasteiger partial charge in [-0.3, -0.25) is 9.69 Å². The Morgan fingerprint density at radius 1 is 1.18 bits per heavy atom. The Labute approximate surface area is 201 Å². The summed E-state index contributed by atoms with van der Waals surface area (Å²) in [6.45, 7) is 3.49. The molecule has 7 heteroatoms. The second kappa shape index (κ2) is 9.00. The Bertz CT molecular complexity index is 1410. The highest BCUT2D eigenvalue weighted by atomic mass is 32.1. The molecule has 1 amide bonds. The van der Waals surface area contributed by atoms with Crippen LogP contribution in [0, 0.1) is 20.7 Å². The summed E-state index contributed by atoms with van der Waals surface area (Å²) in [4.78, 5) is 20.6. The molecule has 33 heavy (non-hydrogen) atoms. The van der Waals surface area contributed by atoms with Gasteiger partial charge >= 0.3 is 0 Å². The molecule has 0 unspecified atom stereocenters. The maximum Gasteiger partial charge on any atom is 0.259 e. The number of anilines is 1. The van der Waals surface area contributed by atoms with E-state index in [0.29, 0.717) is 22.9 Å². The fraction of sp³-hybridized carbons (Fsp3) is 0.308. The number of rotatable bonds is 4. The summed E-state index contributed by atoms with van der Waals surface area (Å²) in [6, 6.07) is 13.3. The van der Waals surface area contributed by atoms with Gasteiger partial charge in [0.05, 0.1) is 6.04 Å². The molecule has 4 aromatic rings. The van der Waals surface area contributed by atoms with Gasteiger partial charge in [0.1, 0.15) is 15.8 Å². The lowest BCUT2D eigenvalue weighted by Gasteiger charge is -2.35. The van der Waals surface area contributed by atoms with Crippen LogP contribution in [0.2, 0.25) is 0 Å². The standard InChI is InChI=1S/C26H27N5OS/c1-16-13-17(2)23-21(14-16)10-12-28-24(23)31(22-5-4-11-27-15-22)26(32)20-8-6-19(7-9-20)25-30-29-18(3)33-25/h6-10,12-14,22,27H,4-5,11,15H2,1-3H3/t22-/m1/s1/i3D3. The van der Waals surface area contributed by atoms with Crippen LogP contribution in [-0.2, 0) is 0 Å². The van der Waals surface area contributed by atoms with Crippen LogP contribution in [-0.4, -0.2) is 40.2 Å². The Hall–Kier alpha value is -3.16. The SMILES string of the molecule is [2H]C([2H])([2H])c1nnc(-c2ccc(C(=O)N(c3nccc4cc(C)cc(C)c34)[C@@H]3CCCNC3)cc2)s1. The zero-order chi connectivity index (χ0) is 25.4. The number of pyridine rings is 1. The number of hydrogen-bond donors (Lipinski definition) is 1. The van der Waals surface area contributed by atoms with Crippen LogP contribution in [0.1, 0.15) is 43.4 Å². The van der Waals surface area contributed by atoms with Crippen LogP contribution < -0.4 is 10.2 Å². The van der Waals surface area contributed by atoms with Gasteiger partial charge in [-0.1, -0.05) is 41.2 Å². The highest BCUT2D eigenvalue weighted by molar-refractivity contribution is 7.14. The molecule has 1 fully saturated rings. The highest BCUT2D eigenvalue weighted by Crippen LogP contribution is 2.32. The molecule has 0 aliphatic carbocycles. The quantitative estimate of drug-likeness (QED) is 0.460. The van der Waals surface area contributed by atoms with Gasteiger partial charge < -0.3 is 5.32 Å². The van der Waals surface area contributed by atoms with Crippen LogP contribution in [0.25, 0.3) is 21.3 Å². The summed E-state index contributed by atoms with van der Waals surface area (Å²) in [5.74, 6) is 0.565. The summed E-state index contributed by atoms with van der Waals surface area (Å²) in [7, 11) is 0. The van der Waals surface area contributed by atoms with E-state index in [1.807, 2.05) is 11.0 Å². The van der Waals surface area contributed by atoms with Crippen molar-refractivity contribution in [3.8, 4) is 10.6 Å². The molecule has 3 heterocycles. The van der Waals surface area contributed by atoms with Crippen LogP contribution in [0.3, 0.4) is 0 Å². The van der Waals surface area contributed by atoms with Gasteiger partial charge in [0.2, 0.25) is 0 Å². The number of aryl methyl sites for hydroxylation is 3. The molecule has 1 atom stereocenters. The molecule has 168 valence electrons. The molecule has 2 aromatic heterocycles. The first-order chi connectivity index (χ1) is 17.2. The number of nitrogens with one attached hydrogen (secondary N) is 1. The number of carbonyl (C=O) groups excluding carboxylic acids is 1. The van der Waals surface area contributed by atoms with Gasteiger partial charge in [0, 0.05) is 33.4 Å². The molecule has 1 saturated heterocycles. The van der Waals surface area contributed by atoms with E-state index < -0.39 is 6.85 Å². The van der Waals surface area contributed by atoms with Crippen LogP contribution in [0.4, 0.5) is 5.82 Å². The number of amides is 1. The predicted molar refractivity (Wildman–Crippen MR) is 134 cm³/mol. The van der Waals surface area contributed by atoms with Crippen LogP contribution >= 0.6 is 11.3 Å². The topological polar surface area (TPSA) is 71.0 Å². The molecule has 0 radical (unpaired) electrons. The molecule has 0 spiro atoms. The third kappa shape index (κ3) is 4.26. The van der Waals surface area contributed by atoms with Gasteiger partial charge in [-0.05, 0) is 69.2 Å². The van der Waals surface area contributed by atoms with E-state index in [0.717, 1.165) is 52.6 Å². The number of carbonyl (C=O) groups is 1. The number of fused-ring (bicyclic) bond motifs is 1. The minimum absolute atomic E-state index is 0.00117. The molecular formula is C26H27N5OS. The Morgan fingerprint density at radius 2 is 2.03 bits per heavy atom. The Balaban J connectivity index is 1.53. The summed E-state index contributed by atoms with van der Waals surface area (Å²) >= 11 is 1.04. The minimum atomic E-state index is -2.29. The first-order valence-electron chi connectivity index (χ1n) is 12.6. The van der Waals surface area contributed by atoms with Gasteiger partial charge in [0.25, 0.3) is 5.91 Å². The highest BCUT2D eigenvalue weighted by Gasteiger charge is 2.30. The largest absolute Gasteiger partial charge is 0.315 e. The molecule has 5 rings (SSSR count). The van der Waals surface area contributed by atoms with Crippen molar-refractivity contribution in [2.24, 2.45) is 0 Å². The normalized spacial score (nSPS) is 17.9. The molecule has 0 bridgehead atoms. The van der Waals surface area contributed by atoms with Crippen LogP contribution in [0.5, 0.6) is 0 Å². The molecule has 6 nitrogen and oxygen atoms in total. The fourth-order valence-corrected chi connectivity index (χ4v) is 5.20. The van der Waals surface area contributed by atoms with Crippen molar-refractivity contribution in [2.45, 2.75) is 39.6 Å². The van der Waals surface area contributed by atoms with E-state index in [1.54, 1.807) is 30.5 Å². The molecule has 0 saturated carbocycles. The van der Waals surface area contributed by atoms with E-state index in [-0.39, 0.29) is 17.0 Å². The van der Waals surface area contributed by atoms with E-state index in [2.05, 4.69) is 41.5 Å². The monoisotopic (exact) mass is 460 g/mol. The average Bonchev–Trinajstić information content (AvgIpc) is 3.36. The third-order valence-electron chi connectivity index (χ3n) is 6.07. The summed E-state index contributed by atoms with van der Waals surface area (Å²) in [5, 5.41) is 13.8. The minimum Gasteiger partial charge on any atom is -0.315 e. The van der Waals surface area contributed by atoms with Crippen molar-refractivity contribution >= 4 is 33.8 Å². The van der Waals surface area contributed by atoms with Crippen molar-refractivity contribution in [1.29, 1.82) is 0 Å². The fourth-order valence-electron chi connectivity index (χ4n) is 4.60. The summed E-state index contributed by atoms with van der Waals surface area (Å²) in [6.07, 6.45) is 3.65. The van der Waals surface area contributed by atoms with Crippen molar-refractivity contribution in [3.63, 3.8) is 0 Å². The van der Waals surface area contributed by atoms with Crippen molar-refractivity contribution < 1.29 is 8.91 Å². The summed E-state index contributed by atoms with van der Waals surface area (Å²) < 4.78 is 22.6. The molecular weight excluding hydrogens is 430 g/mol. The van der Waals surface area contributed by atoms with Crippen molar-refractivity contribution in [1.82, 2.24) is 20.5 Å². The molecule has 1 aliphatic heterocycles. The van der Waals surface area contributed by atoms with E-state index >= 15 is 0 Å². The smallest absolute Gasteiger partial charge is 0.259 e. The zero-order valence-electron chi connectivity index (χ0n) is 21.6.